The van der Waals surface area contributed by atoms with Gasteiger partial charge in [0.05, 0.1) is 24.1 Å². The van der Waals surface area contributed by atoms with Gasteiger partial charge in [0.1, 0.15) is 9.90 Å². The zero-order chi connectivity index (χ0) is 15.6. The van der Waals surface area contributed by atoms with Crippen LogP contribution in [0.2, 0.25) is 0 Å². The molecule has 0 unspecified atom stereocenters. The number of anilines is 1. The maximum absolute atomic E-state index is 12.3. The summed E-state index contributed by atoms with van der Waals surface area (Å²) in [6, 6.07) is 1.60. The van der Waals surface area contributed by atoms with Crippen LogP contribution in [-0.2, 0) is 14.8 Å². The van der Waals surface area contributed by atoms with Gasteiger partial charge in [0.2, 0.25) is 0 Å². The molecule has 2 rings (SSSR count). The van der Waals surface area contributed by atoms with Crippen molar-refractivity contribution >= 4 is 32.3 Å². The number of carbonyl (C=O) groups is 1. The first kappa shape index (κ1) is 15.5. The number of H-pyrrole nitrogens is 1. The number of sulfonamides is 1. The predicted molar refractivity (Wildman–Crippen MR) is 79.1 cm³/mol. The monoisotopic (exact) mass is 329 g/mol. The number of hydrogen-bond donors (Lipinski definition) is 2. The molecule has 0 bridgehead atoms. The molecule has 0 fully saturated rings. The number of thiophene rings is 1. The maximum Gasteiger partial charge on any atom is 0.341 e. The average molecular weight is 329 g/mol. The van der Waals surface area contributed by atoms with Gasteiger partial charge in [-0.25, -0.2) is 13.2 Å². The molecule has 9 heteroatoms. The van der Waals surface area contributed by atoms with Crippen LogP contribution in [-0.4, -0.2) is 31.2 Å². The van der Waals surface area contributed by atoms with Gasteiger partial charge in [-0.05, 0) is 26.8 Å². The molecule has 7 nitrogen and oxygen atoms in total. The lowest BCUT2D eigenvalue weighted by Gasteiger charge is -2.07. The van der Waals surface area contributed by atoms with E-state index in [-0.39, 0.29) is 22.1 Å². The highest BCUT2D eigenvalue weighted by Crippen LogP contribution is 2.30. The largest absolute Gasteiger partial charge is 0.462 e. The van der Waals surface area contributed by atoms with Crippen LogP contribution in [0.4, 0.5) is 5.00 Å². The Labute approximate surface area is 126 Å². The van der Waals surface area contributed by atoms with Gasteiger partial charge in [-0.1, -0.05) is 0 Å². The molecule has 0 spiro atoms. The summed E-state index contributed by atoms with van der Waals surface area (Å²) >= 11 is 1.18. The highest BCUT2D eigenvalue weighted by molar-refractivity contribution is 7.93. The fourth-order valence-electron chi connectivity index (χ4n) is 1.74. The summed E-state index contributed by atoms with van der Waals surface area (Å²) in [5, 5.41) is 6.50. The lowest BCUT2D eigenvalue weighted by molar-refractivity contribution is 0.0528. The van der Waals surface area contributed by atoms with E-state index in [4.69, 9.17) is 4.74 Å². The number of esters is 1. The third-order valence-electron chi connectivity index (χ3n) is 2.65. The highest BCUT2D eigenvalue weighted by atomic mass is 32.2. The van der Waals surface area contributed by atoms with Gasteiger partial charge in [0.25, 0.3) is 10.0 Å². The number of aryl methyl sites for hydroxylation is 2. The zero-order valence-electron chi connectivity index (χ0n) is 11.8. The quantitative estimate of drug-likeness (QED) is 0.818. The number of nitrogens with zero attached hydrogens (tertiary/aromatic N) is 1. The summed E-state index contributed by atoms with van der Waals surface area (Å²) in [6.45, 7) is 5.30. The van der Waals surface area contributed by atoms with E-state index in [1.165, 1.54) is 17.5 Å². The zero-order valence-corrected chi connectivity index (χ0v) is 13.4. The number of carbonyl (C=O) groups excluding carboxylic acids is 1. The van der Waals surface area contributed by atoms with E-state index >= 15 is 0 Å². The third kappa shape index (κ3) is 3.24. The van der Waals surface area contributed by atoms with Crippen molar-refractivity contribution < 1.29 is 17.9 Å². The Balaban J connectivity index is 2.36. The van der Waals surface area contributed by atoms with Gasteiger partial charge < -0.3 is 4.74 Å². The average Bonchev–Trinajstić information content (AvgIpc) is 2.96. The number of aromatic nitrogens is 2. The van der Waals surface area contributed by atoms with Crippen molar-refractivity contribution in [3.63, 3.8) is 0 Å². The molecule has 0 saturated carbocycles. The van der Waals surface area contributed by atoms with Crippen molar-refractivity contribution in [2.24, 2.45) is 0 Å². The third-order valence-corrected chi connectivity index (χ3v) is 5.21. The minimum absolute atomic E-state index is 0.0448. The predicted octanol–water partition coefficient (Wildman–Crippen LogP) is 2.07. The van der Waals surface area contributed by atoms with E-state index in [0.29, 0.717) is 5.69 Å². The molecule has 0 aromatic carbocycles. The molecular formula is C12H15N3O4S2. The molecule has 0 amide bonds. The summed E-state index contributed by atoms with van der Waals surface area (Å²) in [7, 11) is -3.80. The maximum atomic E-state index is 12.3. The van der Waals surface area contributed by atoms with Gasteiger partial charge >= 0.3 is 5.97 Å². The molecule has 2 aromatic heterocycles. The highest BCUT2D eigenvalue weighted by Gasteiger charge is 2.24. The smallest absolute Gasteiger partial charge is 0.341 e. The van der Waals surface area contributed by atoms with Crippen molar-refractivity contribution in [1.29, 1.82) is 0 Å². The standard InChI is InChI=1S/C12H15N3O4S2/c1-4-19-12(16)9-5-7(2)20-11(9)15-21(17,18)10-6-13-14-8(10)3/h5-6,15H,4H2,1-3H3,(H,13,14). The van der Waals surface area contributed by atoms with Crippen LogP contribution in [0.1, 0.15) is 27.9 Å². The van der Waals surface area contributed by atoms with Gasteiger partial charge in [0.15, 0.2) is 0 Å². The number of rotatable bonds is 5. The fourth-order valence-corrected chi connectivity index (χ4v) is 4.09. The van der Waals surface area contributed by atoms with E-state index in [0.717, 1.165) is 4.88 Å². The molecule has 0 radical (unpaired) electrons. The van der Waals surface area contributed by atoms with Crippen LogP contribution in [0.5, 0.6) is 0 Å². The Morgan fingerprint density at radius 2 is 2.19 bits per heavy atom. The molecule has 0 aliphatic carbocycles. The van der Waals surface area contributed by atoms with Crippen molar-refractivity contribution in [3.8, 4) is 0 Å². The molecule has 0 saturated heterocycles. The summed E-state index contributed by atoms with van der Waals surface area (Å²) in [5.74, 6) is -0.552. The van der Waals surface area contributed by atoms with Crippen LogP contribution >= 0.6 is 11.3 Å². The number of nitrogens with one attached hydrogen (secondary N) is 2. The van der Waals surface area contributed by atoms with Gasteiger partial charge in [-0.2, -0.15) is 5.10 Å². The Kier molecular flexibility index (Phi) is 4.33. The van der Waals surface area contributed by atoms with Crippen LogP contribution in [0.15, 0.2) is 17.2 Å². The molecule has 2 N–H and O–H groups in total. The number of hydrogen-bond acceptors (Lipinski definition) is 6. The Morgan fingerprint density at radius 1 is 1.48 bits per heavy atom. The second kappa shape index (κ2) is 5.86. The summed E-state index contributed by atoms with van der Waals surface area (Å²) in [4.78, 5) is 12.7. The van der Waals surface area contributed by atoms with Crippen LogP contribution in [0, 0.1) is 13.8 Å². The molecule has 2 aromatic rings. The number of ether oxygens (including phenoxy) is 1. The molecule has 114 valence electrons. The van der Waals surface area contributed by atoms with E-state index in [2.05, 4.69) is 14.9 Å². The molecule has 0 atom stereocenters. The van der Waals surface area contributed by atoms with Crippen LogP contribution < -0.4 is 4.72 Å². The molecule has 21 heavy (non-hydrogen) atoms. The lowest BCUT2D eigenvalue weighted by Crippen LogP contribution is -2.15. The normalized spacial score (nSPS) is 11.4. The van der Waals surface area contributed by atoms with Crippen molar-refractivity contribution in [2.75, 3.05) is 11.3 Å². The van der Waals surface area contributed by atoms with E-state index < -0.39 is 16.0 Å². The molecular weight excluding hydrogens is 314 g/mol. The lowest BCUT2D eigenvalue weighted by atomic mass is 10.3. The molecule has 0 aliphatic heterocycles. The summed E-state index contributed by atoms with van der Waals surface area (Å²) < 4.78 is 32.0. The van der Waals surface area contributed by atoms with Crippen molar-refractivity contribution in [2.45, 2.75) is 25.7 Å². The van der Waals surface area contributed by atoms with E-state index in [9.17, 15) is 13.2 Å². The molecule has 2 heterocycles. The van der Waals surface area contributed by atoms with Crippen molar-refractivity contribution in [3.05, 3.63) is 28.4 Å². The molecule has 0 aliphatic rings. The Bertz CT molecular complexity index is 761. The fraction of sp³-hybridized carbons (Fsp3) is 0.333. The first-order chi connectivity index (χ1) is 9.85. The SMILES string of the molecule is CCOC(=O)c1cc(C)sc1NS(=O)(=O)c1cn[nH]c1C. The number of aromatic amines is 1. The van der Waals surface area contributed by atoms with Crippen molar-refractivity contribution in [1.82, 2.24) is 10.2 Å². The first-order valence-corrected chi connectivity index (χ1v) is 8.45. The van der Waals surface area contributed by atoms with Gasteiger partial charge in [-0.3, -0.25) is 9.82 Å². The Morgan fingerprint density at radius 3 is 2.76 bits per heavy atom. The van der Waals surface area contributed by atoms with Crippen LogP contribution in [0.25, 0.3) is 0 Å². The first-order valence-electron chi connectivity index (χ1n) is 6.15. The van der Waals surface area contributed by atoms with Gasteiger partial charge in [-0.15, -0.1) is 11.3 Å². The summed E-state index contributed by atoms with van der Waals surface area (Å²) in [6.07, 6.45) is 1.22. The second-order valence-electron chi connectivity index (χ2n) is 4.29. The van der Waals surface area contributed by atoms with E-state index in [1.54, 1.807) is 26.8 Å². The minimum Gasteiger partial charge on any atom is -0.462 e. The van der Waals surface area contributed by atoms with E-state index in [1.807, 2.05) is 0 Å². The van der Waals surface area contributed by atoms with Crippen LogP contribution in [0.3, 0.4) is 0 Å². The van der Waals surface area contributed by atoms with Gasteiger partial charge in [0, 0.05) is 4.88 Å². The summed E-state index contributed by atoms with van der Waals surface area (Å²) in [5.41, 5.74) is 0.637. The topological polar surface area (TPSA) is 101 Å². The second-order valence-corrected chi connectivity index (χ2v) is 7.19. The Hall–Kier alpha value is -1.87. The minimum atomic E-state index is -3.80.